The third kappa shape index (κ3) is 5.78. The van der Waals surface area contributed by atoms with Crippen LogP contribution >= 0.6 is 11.6 Å². The third-order valence-corrected chi connectivity index (χ3v) is 2.07. The van der Waals surface area contributed by atoms with Gasteiger partial charge in [-0.2, -0.15) is 0 Å². The molecule has 84 valence electrons. The van der Waals surface area contributed by atoms with E-state index in [0.29, 0.717) is 19.8 Å². The first kappa shape index (κ1) is 12.5. The largest absolute Gasteiger partial charge is 0.376 e. The molecule has 0 saturated carbocycles. The Hall–Kier alpha value is -0.570. The zero-order valence-corrected chi connectivity index (χ0v) is 9.96. The summed E-state index contributed by atoms with van der Waals surface area (Å²) in [6.45, 7) is 5.86. The summed E-state index contributed by atoms with van der Waals surface area (Å²) in [6.07, 6.45) is 0.264. The molecule has 15 heavy (non-hydrogen) atoms. The third-order valence-electron chi connectivity index (χ3n) is 1.84. The molecule has 1 rings (SSSR count). The van der Waals surface area contributed by atoms with Crippen LogP contribution in [0.2, 0.25) is 5.02 Å². The second-order valence-electron chi connectivity index (χ2n) is 3.60. The van der Waals surface area contributed by atoms with Crippen molar-refractivity contribution in [3.05, 3.63) is 34.9 Å². The van der Waals surface area contributed by atoms with E-state index in [4.69, 9.17) is 21.1 Å². The summed E-state index contributed by atoms with van der Waals surface area (Å²) in [4.78, 5) is 0. The first-order chi connectivity index (χ1) is 7.18. The quantitative estimate of drug-likeness (QED) is 0.696. The number of rotatable bonds is 6. The lowest BCUT2D eigenvalue weighted by molar-refractivity contribution is 0.0143. The number of hydrogen-bond donors (Lipinski definition) is 0. The number of ether oxygens (including phenoxy) is 2. The van der Waals surface area contributed by atoms with E-state index in [9.17, 15) is 0 Å². The van der Waals surface area contributed by atoms with Gasteiger partial charge in [0.2, 0.25) is 0 Å². The summed E-state index contributed by atoms with van der Waals surface area (Å²) in [5, 5.41) is 0.745. The highest BCUT2D eigenvalue weighted by Crippen LogP contribution is 2.11. The lowest BCUT2D eigenvalue weighted by atomic mass is 10.2. The lowest BCUT2D eigenvalue weighted by Gasteiger charge is -2.08. The molecule has 0 amide bonds. The van der Waals surface area contributed by atoms with E-state index in [0.717, 1.165) is 10.6 Å². The molecule has 0 heterocycles. The van der Waals surface area contributed by atoms with Crippen molar-refractivity contribution in [2.24, 2.45) is 0 Å². The molecule has 1 aromatic rings. The molecule has 0 aromatic heterocycles. The Kier molecular flexibility index (Phi) is 5.69. The van der Waals surface area contributed by atoms with Crippen molar-refractivity contribution in [1.29, 1.82) is 0 Å². The Morgan fingerprint density at radius 3 is 2.73 bits per heavy atom. The summed E-state index contributed by atoms with van der Waals surface area (Å²) >= 11 is 5.85. The second kappa shape index (κ2) is 6.83. The van der Waals surface area contributed by atoms with E-state index in [2.05, 4.69) is 0 Å². The highest BCUT2D eigenvalue weighted by atomic mass is 35.5. The molecule has 0 radical (unpaired) electrons. The van der Waals surface area contributed by atoms with Gasteiger partial charge in [-0.1, -0.05) is 23.7 Å². The molecular formula is C12H17ClO2. The van der Waals surface area contributed by atoms with Crippen LogP contribution in [0.15, 0.2) is 24.3 Å². The van der Waals surface area contributed by atoms with Crippen LogP contribution < -0.4 is 0 Å². The van der Waals surface area contributed by atoms with Gasteiger partial charge in [0.05, 0.1) is 25.9 Å². The van der Waals surface area contributed by atoms with Gasteiger partial charge in [-0.25, -0.2) is 0 Å². The molecule has 0 fully saturated rings. The summed E-state index contributed by atoms with van der Waals surface area (Å²) in [5.74, 6) is 0. The molecule has 1 aromatic carbocycles. The van der Waals surface area contributed by atoms with Crippen LogP contribution in [-0.2, 0) is 16.1 Å². The van der Waals surface area contributed by atoms with Gasteiger partial charge in [0, 0.05) is 5.02 Å². The molecule has 0 bridgehead atoms. The molecule has 0 spiro atoms. The smallest absolute Gasteiger partial charge is 0.0718 e. The highest BCUT2D eigenvalue weighted by molar-refractivity contribution is 6.30. The molecule has 0 atom stereocenters. The molecule has 0 aliphatic carbocycles. The van der Waals surface area contributed by atoms with E-state index in [1.807, 2.05) is 38.1 Å². The first-order valence-corrected chi connectivity index (χ1v) is 5.50. The average molecular weight is 229 g/mol. The van der Waals surface area contributed by atoms with Crippen molar-refractivity contribution < 1.29 is 9.47 Å². The molecule has 3 heteroatoms. The van der Waals surface area contributed by atoms with Crippen molar-refractivity contribution in [3.8, 4) is 0 Å². The van der Waals surface area contributed by atoms with Crippen LogP contribution in [0.4, 0.5) is 0 Å². The van der Waals surface area contributed by atoms with E-state index in [-0.39, 0.29) is 6.10 Å². The van der Waals surface area contributed by atoms with Gasteiger partial charge < -0.3 is 9.47 Å². The van der Waals surface area contributed by atoms with Crippen molar-refractivity contribution in [1.82, 2.24) is 0 Å². The van der Waals surface area contributed by atoms with E-state index in [1.165, 1.54) is 0 Å². The minimum absolute atomic E-state index is 0.264. The molecule has 0 saturated heterocycles. The van der Waals surface area contributed by atoms with Crippen molar-refractivity contribution in [2.45, 2.75) is 26.6 Å². The molecule has 2 nitrogen and oxygen atoms in total. The fraction of sp³-hybridized carbons (Fsp3) is 0.500. The van der Waals surface area contributed by atoms with Crippen LogP contribution in [-0.4, -0.2) is 19.3 Å². The van der Waals surface area contributed by atoms with Crippen molar-refractivity contribution in [2.75, 3.05) is 13.2 Å². The predicted octanol–water partition coefficient (Wildman–Crippen LogP) is 3.28. The van der Waals surface area contributed by atoms with Crippen molar-refractivity contribution >= 4 is 11.6 Å². The molecule has 0 aliphatic rings. The maximum Gasteiger partial charge on any atom is 0.0718 e. The summed E-state index contributed by atoms with van der Waals surface area (Å²) < 4.78 is 10.8. The summed E-state index contributed by atoms with van der Waals surface area (Å²) in [6, 6.07) is 7.68. The molecule has 0 aliphatic heterocycles. The Balaban J connectivity index is 2.15. The van der Waals surface area contributed by atoms with Gasteiger partial charge in [0.25, 0.3) is 0 Å². The minimum Gasteiger partial charge on any atom is -0.376 e. The number of hydrogen-bond acceptors (Lipinski definition) is 2. The SMILES string of the molecule is CC(C)OCCOCc1cccc(Cl)c1. The van der Waals surface area contributed by atoms with Crippen LogP contribution in [0.1, 0.15) is 19.4 Å². The predicted molar refractivity (Wildman–Crippen MR) is 62.2 cm³/mol. The number of halogens is 1. The van der Waals surface area contributed by atoms with Gasteiger partial charge in [0.15, 0.2) is 0 Å². The first-order valence-electron chi connectivity index (χ1n) is 5.12. The van der Waals surface area contributed by atoms with Gasteiger partial charge >= 0.3 is 0 Å². The molecular weight excluding hydrogens is 212 g/mol. The minimum atomic E-state index is 0.264. The fourth-order valence-electron chi connectivity index (χ4n) is 1.16. The zero-order chi connectivity index (χ0) is 11.1. The maximum atomic E-state index is 5.85. The zero-order valence-electron chi connectivity index (χ0n) is 9.20. The van der Waals surface area contributed by atoms with Crippen LogP contribution in [0, 0.1) is 0 Å². The van der Waals surface area contributed by atoms with Crippen molar-refractivity contribution in [3.63, 3.8) is 0 Å². The monoisotopic (exact) mass is 228 g/mol. The Bertz CT molecular complexity index is 287. The van der Waals surface area contributed by atoms with Gasteiger partial charge in [-0.3, -0.25) is 0 Å². The van der Waals surface area contributed by atoms with E-state index >= 15 is 0 Å². The molecule has 0 unspecified atom stereocenters. The van der Waals surface area contributed by atoms with Crippen LogP contribution in [0.25, 0.3) is 0 Å². The second-order valence-corrected chi connectivity index (χ2v) is 4.04. The van der Waals surface area contributed by atoms with E-state index in [1.54, 1.807) is 0 Å². The Morgan fingerprint density at radius 2 is 2.07 bits per heavy atom. The Morgan fingerprint density at radius 1 is 1.27 bits per heavy atom. The maximum absolute atomic E-state index is 5.85. The van der Waals surface area contributed by atoms with Crippen LogP contribution in [0.3, 0.4) is 0 Å². The topological polar surface area (TPSA) is 18.5 Å². The Labute approximate surface area is 96.2 Å². The van der Waals surface area contributed by atoms with Gasteiger partial charge in [-0.15, -0.1) is 0 Å². The summed E-state index contributed by atoms with van der Waals surface area (Å²) in [7, 11) is 0. The van der Waals surface area contributed by atoms with Gasteiger partial charge in [-0.05, 0) is 31.5 Å². The summed E-state index contributed by atoms with van der Waals surface area (Å²) in [5.41, 5.74) is 1.09. The standard InChI is InChI=1S/C12H17ClO2/c1-10(2)15-7-6-14-9-11-4-3-5-12(13)8-11/h3-5,8,10H,6-7,9H2,1-2H3. The fourth-order valence-corrected chi connectivity index (χ4v) is 1.37. The van der Waals surface area contributed by atoms with E-state index < -0.39 is 0 Å². The molecule has 0 N–H and O–H groups in total. The highest BCUT2D eigenvalue weighted by Gasteiger charge is 1.96. The van der Waals surface area contributed by atoms with Crippen LogP contribution in [0.5, 0.6) is 0 Å². The average Bonchev–Trinajstić information content (AvgIpc) is 2.17. The normalized spacial score (nSPS) is 10.9. The van der Waals surface area contributed by atoms with Gasteiger partial charge in [0.1, 0.15) is 0 Å². The lowest BCUT2D eigenvalue weighted by Crippen LogP contribution is -2.09. The number of benzene rings is 1.